The van der Waals surface area contributed by atoms with Crippen LogP contribution in [0.25, 0.3) is 0 Å². The summed E-state index contributed by atoms with van der Waals surface area (Å²) in [5.74, 6) is 0.433. The van der Waals surface area contributed by atoms with Crippen molar-refractivity contribution in [2.24, 2.45) is 0 Å². The number of anilines is 1. The van der Waals surface area contributed by atoms with Crippen molar-refractivity contribution in [1.29, 1.82) is 0 Å². The average Bonchev–Trinajstić information content (AvgIpc) is 2.70. The quantitative estimate of drug-likeness (QED) is 0.528. The van der Waals surface area contributed by atoms with Gasteiger partial charge in [0.05, 0.1) is 40.5 Å². The molecule has 0 aliphatic rings. The Hall–Kier alpha value is -2.28. The molecule has 0 bridgehead atoms. The lowest BCUT2D eigenvalue weighted by Crippen LogP contribution is -2.36. The molecule has 0 fully saturated rings. The summed E-state index contributed by atoms with van der Waals surface area (Å²) in [4.78, 5) is 18.6. The molecule has 28 heavy (non-hydrogen) atoms. The van der Waals surface area contributed by atoms with Crippen molar-refractivity contribution in [2.45, 2.75) is 45.1 Å². The van der Waals surface area contributed by atoms with Crippen LogP contribution < -0.4 is 14.4 Å². The zero-order chi connectivity index (χ0) is 25.0. The van der Waals surface area contributed by atoms with E-state index < -0.39 is 25.1 Å². The fourth-order valence-electron chi connectivity index (χ4n) is 2.37. The summed E-state index contributed by atoms with van der Waals surface area (Å²) in [7, 11) is 1.54. The molecule has 0 radical (unpaired) electrons. The van der Waals surface area contributed by atoms with Crippen LogP contribution in [0.3, 0.4) is 0 Å². The van der Waals surface area contributed by atoms with Crippen molar-refractivity contribution in [1.82, 2.24) is 4.98 Å². The topological polar surface area (TPSA) is 60.9 Å². The van der Waals surface area contributed by atoms with E-state index in [9.17, 15) is 4.79 Å². The predicted octanol–water partition coefficient (Wildman–Crippen LogP) is 5.33. The molecule has 0 unspecified atom stereocenters. The highest BCUT2D eigenvalue weighted by Crippen LogP contribution is 2.32. The van der Waals surface area contributed by atoms with Crippen LogP contribution in [0.1, 0.15) is 45.7 Å². The number of carbonyl (C=O) groups is 1. The summed E-state index contributed by atoms with van der Waals surface area (Å²) in [5.41, 5.74) is 0.561. The molecule has 0 atom stereocenters. The van der Waals surface area contributed by atoms with Crippen molar-refractivity contribution in [3.8, 4) is 11.5 Å². The van der Waals surface area contributed by atoms with Gasteiger partial charge in [0.2, 0.25) is 0 Å². The molecule has 0 spiro atoms. The van der Waals surface area contributed by atoms with Gasteiger partial charge in [-0.05, 0) is 51.4 Å². The first-order chi connectivity index (χ1) is 15.2. The van der Waals surface area contributed by atoms with Gasteiger partial charge in [-0.15, -0.1) is 0 Å². The van der Waals surface area contributed by atoms with Crippen molar-refractivity contribution >= 4 is 27.7 Å². The maximum atomic E-state index is 13.2. The van der Waals surface area contributed by atoms with Gasteiger partial charge in [0.1, 0.15) is 11.4 Å². The van der Waals surface area contributed by atoms with Crippen LogP contribution >= 0.6 is 15.9 Å². The van der Waals surface area contributed by atoms with Gasteiger partial charge in [0, 0.05) is 9.44 Å². The third-order valence-electron chi connectivity index (χ3n) is 3.61. The largest absolute Gasteiger partial charge is 0.497 e. The number of methoxy groups -OCH3 is 1. The second kappa shape index (κ2) is 9.78. The molecule has 6 nitrogen and oxygen atoms in total. The van der Waals surface area contributed by atoms with Crippen LogP contribution in [-0.4, -0.2) is 30.3 Å². The zero-order valence-corrected chi connectivity index (χ0v) is 17.9. The molecule has 0 saturated carbocycles. The number of halogens is 1. The molecule has 1 amide bonds. The Kier molecular flexibility index (Phi) is 5.45. The number of nitrogens with zero attached hydrogens (tertiary/aromatic N) is 2. The van der Waals surface area contributed by atoms with Gasteiger partial charge in [0.15, 0.2) is 5.75 Å². The normalized spacial score (nSPS) is 14.7. The highest BCUT2D eigenvalue weighted by Gasteiger charge is 2.26. The Balaban J connectivity index is 2.58. The van der Waals surface area contributed by atoms with Gasteiger partial charge in [0.25, 0.3) is 0 Å². The molecule has 0 aliphatic carbocycles. The van der Waals surface area contributed by atoms with Gasteiger partial charge in [-0.1, -0.05) is 28.1 Å². The first-order valence-electron chi connectivity index (χ1n) is 11.0. The van der Waals surface area contributed by atoms with Crippen LogP contribution in [0.2, 0.25) is 0 Å². The molecule has 2 rings (SSSR count). The molecule has 0 aliphatic heterocycles. The van der Waals surface area contributed by atoms with Gasteiger partial charge in [-0.2, -0.15) is 0 Å². The highest BCUT2D eigenvalue weighted by molar-refractivity contribution is 9.08. The minimum absolute atomic E-state index is 0.0395. The fraction of sp³-hybridized carbons (Fsp3) is 0.429. The van der Waals surface area contributed by atoms with Gasteiger partial charge < -0.3 is 14.2 Å². The van der Waals surface area contributed by atoms with Crippen molar-refractivity contribution < 1.29 is 25.9 Å². The van der Waals surface area contributed by atoms with E-state index in [1.807, 2.05) is 0 Å². The molecule has 0 N–H and O–H groups in total. The SMILES string of the molecule is [2H]C([2H])([2H])C([2H])([2H])Oc1cnc(CBr)cc1N(Cc1ccc(OC)cc1)C(=O)OC(C)(C)C. The number of hydrogen-bond acceptors (Lipinski definition) is 5. The third-order valence-corrected chi connectivity index (χ3v) is 4.18. The van der Waals surface area contributed by atoms with Crippen molar-refractivity contribution in [3.05, 3.63) is 47.8 Å². The van der Waals surface area contributed by atoms with Crippen LogP contribution in [-0.2, 0) is 16.6 Å². The summed E-state index contributed by atoms with van der Waals surface area (Å²) in [6, 6.07) is 8.54. The van der Waals surface area contributed by atoms with Crippen LogP contribution in [0.15, 0.2) is 36.5 Å². The second-order valence-corrected chi connectivity index (χ2v) is 7.46. The van der Waals surface area contributed by atoms with E-state index in [1.54, 1.807) is 52.1 Å². The number of rotatable bonds is 7. The number of alkyl halides is 1. The molecule has 7 heteroatoms. The molecule has 1 aromatic carbocycles. The van der Waals surface area contributed by atoms with Crippen LogP contribution in [0.5, 0.6) is 11.5 Å². The highest BCUT2D eigenvalue weighted by atomic mass is 79.9. The molecule has 152 valence electrons. The number of benzene rings is 1. The summed E-state index contributed by atoms with van der Waals surface area (Å²) >= 11 is 3.31. The number of pyridine rings is 1. The Morgan fingerprint density at radius 3 is 2.61 bits per heavy atom. The Labute approximate surface area is 182 Å². The maximum absolute atomic E-state index is 13.2. The average molecular weight is 456 g/mol. The van der Waals surface area contributed by atoms with Gasteiger partial charge in [-0.25, -0.2) is 4.79 Å². The lowest BCUT2D eigenvalue weighted by atomic mass is 10.2. The van der Waals surface area contributed by atoms with Crippen molar-refractivity contribution in [3.63, 3.8) is 0 Å². The molecule has 1 aromatic heterocycles. The molecule has 0 saturated heterocycles. The smallest absolute Gasteiger partial charge is 0.415 e. The first kappa shape index (κ1) is 15.6. The molecule has 1 heterocycles. The maximum Gasteiger partial charge on any atom is 0.415 e. The number of carbonyl (C=O) groups excluding carboxylic acids is 1. The summed E-state index contributed by atoms with van der Waals surface area (Å²) in [5, 5.41) is 0.344. The van der Waals surface area contributed by atoms with Gasteiger partial charge in [-0.3, -0.25) is 9.88 Å². The second-order valence-electron chi connectivity index (χ2n) is 6.90. The van der Waals surface area contributed by atoms with E-state index in [4.69, 9.17) is 21.1 Å². The summed E-state index contributed by atoms with van der Waals surface area (Å²) in [6.07, 6.45) is 0.477. The van der Waals surface area contributed by atoms with E-state index in [1.165, 1.54) is 17.2 Å². The fourth-order valence-corrected chi connectivity index (χ4v) is 2.68. The zero-order valence-electron chi connectivity index (χ0n) is 21.3. The van der Waals surface area contributed by atoms with E-state index in [0.717, 1.165) is 5.56 Å². The summed E-state index contributed by atoms with van der Waals surface area (Å²) < 4.78 is 54.1. The van der Waals surface area contributed by atoms with E-state index in [0.29, 0.717) is 16.8 Å². The number of ether oxygens (including phenoxy) is 3. The minimum atomic E-state index is -3.06. The number of amides is 1. The minimum Gasteiger partial charge on any atom is -0.497 e. The van der Waals surface area contributed by atoms with Crippen LogP contribution in [0, 0.1) is 0 Å². The molecular formula is C21H27BrN2O4. The van der Waals surface area contributed by atoms with E-state index in [2.05, 4.69) is 20.9 Å². The third kappa shape index (κ3) is 6.12. The summed E-state index contributed by atoms with van der Waals surface area (Å²) in [6.45, 7) is -0.880. The van der Waals surface area contributed by atoms with Crippen LogP contribution in [0.4, 0.5) is 10.5 Å². The number of hydrogen-bond donors (Lipinski definition) is 0. The lowest BCUT2D eigenvalue weighted by molar-refractivity contribution is 0.0576. The lowest BCUT2D eigenvalue weighted by Gasteiger charge is -2.29. The predicted molar refractivity (Wildman–Crippen MR) is 113 cm³/mol. The Morgan fingerprint density at radius 2 is 2.04 bits per heavy atom. The Bertz CT molecular complexity index is 963. The Morgan fingerprint density at radius 1 is 1.32 bits per heavy atom. The molecular weight excluding hydrogens is 424 g/mol. The monoisotopic (exact) mass is 455 g/mol. The van der Waals surface area contributed by atoms with Gasteiger partial charge >= 0.3 is 6.09 Å². The first-order valence-corrected chi connectivity index (χ1v) is 9.66. The standard InChI is InChI=1S/C21H27BrN2O4/c1-6-27-19-13-23-16(12-22)11-18(19)24(20(25)28-21(2,3)4)14-15-7-9-17(26-5)10-8-15/h7-11,13H,6,12,14H2,1-5H3/i1D3,6D2. The van der Waals surface area contributed by atoms with E-state index >= 15 is 0 Å². The number of aromatic nitrogens is 1. The molecule has 2 aromatic rings. The van der Waals surface area contributed by atoms with E-state index in [-0.39, 0.29) is 18.0 Å². The van der Waals surface area contributed by atoms with Crippen molar-refractivity contribution in [2.75, 3.05) is 18.6 Å².